The summed E-state index contributed by atoms with van der Waals surface area (Å²) in [6.07, 6.45) is 1.85. The van der Waals surface area contributed by atoms with Crippen molar-refractivity contribution in [1.82, 2.24) is 4.72 Å². The predicted octanol–water partition coefficient (Wildman–Crippen LogP) is 1.38. The van der Waals surface area contributed by atoms with Crippen LogP contribution in [0.15, 0.2) is 20.0 Å². The van der Waals surface area contributed by atoms with Crippen LogP contribution in [0.4, 0.5) is 0 Å². The SMILES string of the molecule is CSCCNS(=O)(=O)c1cc(C(=O)O)oc1Br. The van der Waals surface area contributed by atoms with Gasteiger partial charge in [0.1, 0.15) is 4.90 Å². The molecule has 1 aromatic rings. The molecule has 0 spiro atoms. The first-order chi connectivity index (χ1) is 7.88. The molecule has 1 rings (SSSR count). The number of furan rings is 1. The van der Waals surface area contributed by atoms with Gasteiger partial charge in [0.2, 0.25) is 15.8 Å². The van der Waals surface area contributed by atoms with Crippen molar-refractivity contribution in [3.05, 3.63) is 16.5 Å². The Hall–Kier alpha value is -0.510. The van der Waals surface area contributed by atoms with E-state index in [-0.39, 0.29) is 16.1 Å². The largest absolute Gasteiger partial charge is 0.475 e. The van der Waals surface area contributed by atoms with E-state index in [1.807, 2.05) is 6.26 Å². The highest BCUT2D eigenvalue weighted by molar-refractivity contribution is 9.10. The molecule has 0 aliphatic heterocycles. The molecule has 0 bridgehead atoms. The fraction of sp³-hybridized carbons (Fsp3) is 0.375. The monoisotopic (exact) mass is 343 g/mol. The third kappa shape index (κ3) is 3.73. The second kappa shape index (κ2) is 5.89. The van der Waals surface area contributed by atoms with Gasteiger partial charge in [-0.3, -0.25) is 0 Å². The lowest BCUT2D eigenvalue weighted by molar-refractivity contribution is 0.0661. The molecule has 0 aliphatic rings. The third-order valence-corrected chi connectivity index (χ3v) is 4.68. The van der Waals surface area contributed by atoms with Crippen LogP contribution in [0.2, 0.25) is 0 Å². The molecule has 0 radical (unpaired) electrons. The highest BCUT2D eigenvalue weighted by Crippen LogP contribution is 2.25. The summed E-state index contributed by atoms with van der Waals surface area (Å²) in [6.45, 7) is 0.267. The van der Waals surface area contributed by atoms with Crippen molar-refractivity contribution in [2.75, 3.05) is 18.6 Å². The van der Waals surface area contributed by atoms with Crippen molar-refractivity contribution in [2.24, 2.45) is 0 Å². The Morgan fingerprint density at radius 3 is 2.76 bits per heavy atom. The van der Waals surface area contributed by atoms with Gasteiger partial charge in [-0.15, -0.1) is 0 Å². The summed E-state index contributed by atoms with van der Waals surface area (Å²) in [5, 5.41) is 8.67. The number of carboxylic acids is 1. The number of carboxylic acid groups (broad SMARTS) is 1. The van der Waals surface area contributed by atoms with Crippen LogP contribution in [-0.2, 0) is 10.0 Å². The van der Waals surface area contributed by atoms with E-state index in [2.05, 4.69) is 20.7 Å². The Labute approximate surface area is 111 Å². The van der Waals surface area contributed by atoms with Crippen molar-refractivity contribution in [3.63, 3.8) is 0 Å². The van der Waals surface area contributed by atoms with E-state index < -0.39 is 21.8 Å². The summed E-state index contributed by atoms with van der Waals surface area (Å²) in [6, 6.07) is 0.966. The van der Waals surface area contributed by atoms with Crippen LogP contribution in [0.3, 0.4) is 0 Å². The number of carbonyl (C=O) groups is 1. The minimum absolute atomic E-state index is 0.119. The number of sulfonamides is 1. The first kappa shape index (κ1) is 14.6. The molecule has 17 heavy (non-hydrogen) atoms. The van der Waals surface area contributed by atoms with Gasteiger partial charge >= 0.3 is 5.97 Å². The highest BCUT2D eigenvalue weighted by Gasteiger charge is 2.24. The lowest BCUT2D eigenvalue weighted by atomic mass is 10.5. The predicted molar refractivity (Wildman–Crippen MR) is 66.9 cm³/mol. The number of aromatic carboxylic acids is 1. The second-order valence-electron chi connectivity index (χ2n) is 2.94. The Morgan fingerprint density at radius 2 is 2.29 bits per heavy atom. The Balaban J connectivity index is 2.95. The molecule has 0 fully saturated rings. The molecule has 2 N–H and O–H groups in total. The fourth-order valence-electron chi connectivity index (χ4n) is 0.997. The molecule has 1 heterocycles. The number of thioether (sulfide) groups is 1. The summed E-state index contributed by atoms with van der Waals surface area (Å²) in [5.74, 6) is -1.13. The van der Waals surface area contributed by atoms with E-state index in [9.17, 15) is 13.2 Å². The summed E-state index contributed by atoms with van der Waals surface area (Å²) >= 11 is 4.37. The number of nitrogens with one attached hydrogen (secondary N) is 1. The molecule has 0 saturated heterocycles. The molecule has 0 amide bonds. The van der Waals surface area contributed by atoms with Crippen LogP contribution in [0.5, 0.6) is 0 Å². The Morgan fingerprint density at radius 1 is 1.65 bits per heavy atom. The van der Waals surface area contributed by atoms with E-state index in [1.54, 1.807) is 0 Å². The normalized spacial score (nSPS) is 11.6. The average Bonchev–Trinajstić information content (AvgIpc) is 2.61. The van der Waals surface area contributed by atoms with Gasteiger partial charge in [-0.1, -0.05) is 0 Å². The van der Waals surface area contributed by atoms with Gasteiger partial charge < -0.3 is 9.52 Å². The van der Waals surface area contributed by atoms with Crippen molar-refractivity contribution < 1.29 is 22.7 Å². The van der Waals surface area contributed by atoms with Crippen molar-refractivity contribution >= 4 is 43.7 Å². The van der Waals surface area contributed by atoms with E-state index in [4.69, 9.17) is 9.52 Å². The standard InChI is InChI=1S/C8H10BrNO5S2/c1-16-3-2-10-17(13,14)6-4-5(8(11)12)15-7(6)9/h4,10H,2-3H2,1H3,(H,11,12). The van der Waals surface area contributed by atoms with E-state index in [1.165, 1.54) is 11.8 Å². The summed E-state index contributed by atoms with van der Waals surface area (Å²) in [5.41, 5.74) is 0. The van der Waals surface area contributed by atoms with Crippen LogP contribution >= 0.6 is 27.7 Å². The zero-order valence-electron chi connectivity index (χ0n) is 8.77. The van der Waals surface area contributed by atoms with Crippen molar-refractivity contribution in [2.45, 2.75) is 4.90 Å². The third-order valence-electron chi connectivity index (χ3n) is 1.75. The lowest BCUT2D eigenvalue weighted by Crippen LogP contribution is -2.25. The van der Waals surface area contributed by atoms with Crippen molar-refractivity contribution in [3.8, 4) is 0 Å². The summed E-state index contributed by atoms with van der Waals surface area (Å²) in [7, 11) is -3.74. The fourth-order valence-corrected chi connectivity index (χ4v) is 3.40. The van der Waals surface area contributed by atoms with Gasteiger partial charge in [-0.05, 0) is 22.2 Å². The molecule has 0 unspecified atom stereocenters. The van der Waals surface area contributed by atoms with Gasteiger partial charge in [0.25, 0.3) is 0 Å². The molecule has 0 aliphatic carbocycles. The van der Waals surface area contributed by atoms with E-state index >= 15 is 0 Å². The van der Waals surface area contributed by atoms with E-state index in [0.29, 0.717) is 5.75 Å². The molecule has 6 nitrogen and oxygen atoms in total. The van der Waals surface area contributed by atoms with Gasteiger partial charge in [0.15, 0.2) is 4.67 Å². The number of halogens is 1. The highest BCUT2D eigenvalue weighted by atomic mass is 79.9. The molecule has 96 valence electrons. The number of hydrogen-bond acceptors (Lipinski definition) is 5. The zero-order chi connectivity index (χ0) is 13.1. The quantitative estimate of drug-likeness (QED) is 0.757. The van der Waals surface area contributed by atoms with Gasteiger partial charge in [0, 0.05) is 18.4 Å². The van der Waals surface area contributed by atoms with Crippen LogP contribution in [-0.4, -0.2) is 38.0 Å². The minimum Gasteiger partial charge on any atom is -0.475 e. The smallest absolute Gasteiger partial charge is 0.371 e. The topological polar surface area (TPSA) is 96.6 Å². The van der Waals surface area contributed by atoms with Gasteiger partial charge in [-0.25, -0.2) is 17.9 Å². The maximum Gasteiger partial charge on any atom is 0.371 e. The molecule has 0 saturated carbocycles. The van der Waals surface area contributed by atoms with Crippen LogP contribution in [0, 0.1) is 0 Å². The molecular formula is C8H10BrNO5S2. The minimum atomic E-state index is -3.74. The first-order valence-corrected chi connectivity index (χ1v) is 8.06. The molecule has 0 atom stereocenters. The first-order valence-electron chi connectivity index (χ1n) is 4.39. The van der Waals surface area contributed by atoms with Crippen LogP contribution in [0.25, 0.3) is 0 Å². The van der Waals surface area contributed by atoms with Crippen molar-refractivity contribution in [1.29, 1.82) is 0 Å². The number of hydrogen-bond donors (Lipinski definition) is 2. The lowest BCUT2D eigenvalue weighted by Gasteiger charge is -2.03. The second-order valence-corrected chi connectivity index (χ2v) is 6.39. The van der Waals surface area contributed by atoms with Gasteiger partial charge in [0.05, 0.1) is 0 Å². The molecule has 0 aromatic carbocycles. The van der Waals surface area contributed by atoms with Crippen LogP contribution < -0.4 is 4.72 Å². The van der Waals surface area contributed by atoms with Gasteiger partial charge in [-0.2, -0.15) is 11.8 Å². The Bertz CT molecular complexity index is 510. The molecular weight excluding hydrogens is 334 g/mol. The van der Waals surface area contributed by atoms with E-state index in [0.717, 1.165) is 6.07 Å². The number of rotatable bonds is 6. The maximum atomic E-state index is 11.8. The average molecular weight is 344 g/mol. The summed E-state index contributed by atoms with van der Waals surface area (Å²) < 4.78 is 30.5. The molecule has 9 heteroatoms. The summed E-state index contributed by atoms with van der Waals surface area (Å²) in [4.78, 5) is 10.4. The molecule has 1 aromatic heterocycles. The zero-order valence-corrected chi connectivity index (χ0v) is 12.0. The van der Waals surface area contributed by atoms with Crippen LogP contribution in [0.1, 0.15) is 10.6 Å². The Kier molecular flexibility index (Phi) is 5.04. The maximum absolute atomic E-state index is 11.8.